The number of phenols is 2. The van der Waals surface area contributed by atoms with Crippen molar-refractivity contribution in [2.75, 3.05) is 0 Å². The van der Waals surface area contributed by atoms with Gasteiger partial charge >= 0.3 is 0 Å². The number of hydrogen-bond donors (Lipinski definition) is 2. The van der Waals surface area contributed by atoms with E-state index in [9.17, 15) is 10.2 Å². The quantitative estimate of drug-likeness (QED) is 0.591. The number of aromatic hydroxyl groups is 2. The molecule has 2 N–H and O–H groups in total. The number of benzene rings is 2. The second-order valence-corrected chi connectivity index (χ2v) is 7.51. The van der Waals surface area contributed by atoms with Crippen LogP contribution in [-0.4, -0.2) is 10.2 Å². The van der Waals surface area contributed by atoms with Crippen LogP contribution in [0.4, 0.5) is 0 Å². The highest BCUT2D eigenvalue weighted by atomic mass is 35.5. The lowest BCUT2D eigenvalue weighted by Gasteiger charge is -2.20. The molecule has 2 aromatic carbocycles. The Balaban J connectivity index is 1.99. The first-order valence-corrected chi connectivity index (χ1v) is 9.22. The smallest absolute Gasteiger partial charge is 0.134 e. The fraction of sp³-hybridized carbons (Fsp3) is 0.400. The van der Waals surface area contributed by atoms with Crippen LogP contribution < -0.4 is 0 Å². The lowest BCUT2D eigenvalue weighted by atomic mass is 9.84. The summed E-state index contributed by atoms with van der Waals surface area (Å²) < 4.78 is 0. The van der Waals surface area contributed by atoms with E-state index in [2.05, 4.69) is 6.92 Å². The van der Waals surface area contributed by atoms with Crippen LogP contribution in [-0.2, 0) is 5.41 Å². The molecule has 2 aromatic rings. The summed E-state index contributed by atoms with van der Waals surface area (Å²) in [5, 5.41) is 20.2. The van der Waals surface area contributed by atoms with Gasteiger partial charge in [-0.2, -0.15) is 0 Å². The average Bonchev–Trinajstić information content (AvgIpc) is 3.28. The minimum Gasteiger partial charge on any atom is -0.506 e. The molecule has 0 radical (unpaired) electrons. The van der Waals surface area contributed by atoms with E-state index in [4.69, 9.17) is 23.2 Å². The highest BCUT2D eigenvalue weighted by Crippen LogP contribution is 2.61. The number of phenolic OH excluding ortho intramolecular Hbond substituents is 2. The predicted octanol–water partition coefficient (Wildman–Crippen LogP) is 6.29. The third-order valence-corrected chi connectivity index (χ3v) is 5.79. The van der Waals surface area contributed by atoms with Crippen LogP contribution in [0.1, 0.15) is 50.2 Å². The van der Waals surface area contributed by atoms with E-state index in [1.54, 1.807) is 12.1 Å². The molecule has 1 unspecified atom stereocenters. The van der Waals surface area contributed by atoms with E-state index in [0.717, 1.165) is 24.0 Å². The first-order chi connectivity index (χ1) is 11.5. The lowest BCUT2D eigenvalue weighted by Crippen LogP contribution is -2.12. The summed E-state index contributed by atoms with van der Waals surface area (Å²) in [7, 11) is 0. The van der Waals surface area contributed by atoms with Crippen molar-refractivity contribution in [1.82, 2.24) is 0 Å². The molecular weight excluding hydrogens is 343 g/mol. The third kappa shape index (κ3) is 3.10. The van der Waals surface area contributed by atoms with Gasteiger partial charge in [-0.05, 0) is 54.2 Å². The molecule has 1 saturated carbocycles. The van der Waals surface area contributed by atoms with Gasteiger partial charge in [0, 0.05) is 5.41 Å². The SMILES string of the molecule is CCCCCC1CC1(c1ccc(O)c(Cl)c1)c1ccc(O)c(Cl)c1. The number of unbranched alkanes of at least 4 members (excludes halogenated alkanes) is 2. The number of hydrogen-bond acceptors (Lipinski definition) is 2. The van der Waals surface area contributed by atoms with Crippen LogP contribution in [0.5, 0.6) is 11.5 Å². The van der Waals surface area contributed by atoms with Gasteiger partial charge in [-0.25, -0.2) is 0 Å². The van der Waals surface area contributed by atoms with E-state index in [1.165, 1.54) is 19.3 Å². The monoisotopic (exact) mass is 364 g/mol. The van der Waals surface area contributed by atoms with Crippen molar-refractivity contribution in [2.45, 2.75) is 44.4 Å². The van der Waals surface area contributed by atoms with Gasteiger partial charge < -0.3 is 10.2 Å². The van der Waals surface area contributed by atoms with E-state index in [-0.39, 0.29) is 16.9 Å². The fourth-order valence-corrected chi connectivity index (χ4v) is 4.12. The summed E-state index contributed by atoms with van der Waals surface area (Å²) in [5.74, 6) is 0.732. The Kier molecular flexibility index (Phi) is 4.98. The topological polar surface area (TPSA) is 40.5 Å². The van der Waals surface area contributed by atoms with E-state index >= 15 is 0 Å². The first kappa shape index (κ1) is 17.4. The second kappa shape index (κ2) is 6.85. The van der Waals surface area contributed by atoms with Crippen LogP contribution >= 0.6 is 23.2 Å². The van der Waals surface area contributed by atoms with Crippen LogP contribution in [0.2, 0.25) is 10.0 Å². The summed E-state index contributed by atoms with van der Waals surface area (Å²) in [6.45, 7) is 2.21. The molecule has 0 bridgehead atoms. The minimum absolute atomic E-state index is 0.0995. The lowest BCUT2D eigenvalue weighted by molar-refractivity contribution is 0.474. The Morgan fingerprint density at radius 3 is 1.96 bits per heavy atom. The summed E-state index contributed by atoms with van der Waals surface area (Å²) in [6, 6.07) is 10.9. The fourth-order valence-electron chi connectivity index (χ4n) is 3.76. The maximum Gasteiger partial charge on any atom is 0.134 e. The summed E-state index contributed by atoms with van der Waals surface area (Å²) >= 11 is 12.3. The molecule has 2 nitrogen and oxygen atoms in total. The molecule has 0 saturated heterocycles. The van der Waals surface area contributed by atoms with Crippen molar-refractivity contribution in [1.29, 1.82) is 0 Å². The second-order valence-electron chi connectivity index (χ2n) is 6.70. The predicted molar refractivity (Wildman–Crippen MR) is 99.3 cm³/mol. The first-order valence-electron chi connectivity index (χ1n) is 8.47. The van der Waals surface area contributed by atoms with Crippen molar-refractivity contribution < 1.29 is 10.2 Å². The van der Waals surface area contributed by atoms with E-state index < -0.39 is 0 Å². The van der Waals surface area contributed by atoms with Crippen LogP contribution in [0.15, 0.2) is 36.4 Å². The molecule has 128 valence electrons. The zero-order chi connectivity index (χ0) is 17.3. The molecular formula is C20H22Cl2O2. The van der Waals surface area contributed by atoms with Gasteiger partial charge in [0.2, 0.25) is 0 Å². The van der Waals surface area contributed by atoms with Crippen molar-refractivity contribution in [3.05, 3.63) is 57.6 Å². The molecule has 0 spiro atoms. The molecule has 0 aliphatic heterocycles. The molecule has 1 fully saturated rings. The van der Waals surface area contributed by atoms with Crippen molar-refractivity contribution in [3.63, 3.8) is 0 Å². The maximum absolute atomic E-state index is 9.73. The van der Waals surface area contributed by atoms with Crippen molar-refractivity contribution >= 4 is 23.2 Å². The highest BCUT2D eigenvalue weighted by molar-refractivity contribution is 6.32. The molecule has 1 atom stereocenters. The Morgan fingerprint density at radius 1 is 0.958 bits per heavy atom. The normalized spacial score (nSPS) is 18.5. The van der Waals surface area contributed by atoms with Crippen LogP contribution in [0.3, 0.4) is 0 Å². The van der Waals surface area contributed by atoms with Crippen molar-refractivity contribution in [3.8, 4) is 11.5 Å². The van der Waals surface area contributed by atoms with Crippen LogP contribution in [0, 0.1) is 5.92 Å². The molecule has 1 aliphatic carbocycles. The van der Waals surface area contributed by atoms with Gasteiger partial charge in [0.1, 0.15) is 11.5 Å². The Morgan fingerprint density at radius 2 is 1.50 bits per heavy atom. The minimum atomic E-state index is -0.123. The zero-order valence-corrected chi connectivity index (χ0v) is 15.2. The molecule has 0 amide bonds. The number of rotatable bonds is 6. The third-order valence-electron chi connectivity index (χ3n) is 5.19. The zero-order valence-electron chi connectivity index (χ0n) is 13.7. The van der Waals surface area contributed by atoms with Gasteiger partial charge in [0.05, 0.1) is 10.0 Å². The van der Waals surface area contributed by atoms with Gasteiger partial charge in [0.25, 0.3) is 0 Å². The Hall–Kier alpha value is -1.38. The summed E-state index contributed by atoms with van der Waals surface area (Å²) in [4.78, 5) is 0. The largest absolute Gasteiger partial charge is 0.506 e. The summed E-state index contributed by atoms with van der Waals surface area (Å²) in [5.41, 5.74) is 2.09. The standard InChI is InChI=1S/C20H22Cl2O2/c1-2-3-4-5-15-12-20(15,13-6-8-18(23)16(21)10-13)14-7-9-19(24)17(22)11-14/h6-11,15,23-24H,2-5,12H2,1H3. The summed E-state index contributed by atoms with van der Waals surface area (Å²) in [6.07, 6.45) is 5.85. The molecule has 3 rings (SSSR count). The molecule has 0 heterocycles. The molecule has 24 heavy (non-hydrogen) atoms. The van der Waals surface area contributed by atoms with Gasteiger partial charge in [-0.15, -0.1) is 0 Å². The molecule has 4 heteroatoms. The van der Waals surface area contributed by atoms with Gasteiger partial charge in [-0.3, -0.25) is 0 Å². The Labute approximate surface area is 153 Å². The van der Waals surface area contributed by atoms with E-state index in [1.807, 2.05) is 24.3 Å². The number of halogens is 2. The van der Waals surface area contributed by atoms with Gasteiger partial charge in [-0.1, -0.05) is 61.5 Å². The van der Waals surface area contributed by atoms with E-state index in [0.29, 0.717) is 16.0 Å². The van der Waals surface area contributed by atoms with Gasteiger partial charge in [0.15, 0.2) is 0 Å². The van der Waals surface area contributed by atoms with Crippen molar-refractivity contribution in [2.24, 2.45) is 5.92 Å². The Bertz CT molecular complexity index is 691. The molecule has 0 aromatic heterocycles. The van der Waals surface area contributed by atoms with Crippen LogP contribution in [0.25, 0.3) is 0 Å². The molecule has 1 aliphatic rings. The highest BCUT2D eigenvalue weighted by Gasteiger charge is 2.55. The maximum atomic E-state index is 9.73. The average molecular weight is 365 g/mol.